The molecule has 8 heteroatoms. The lowest BCUT2D eigenvalue weighted by molar-refractivity contribution is -0.119. The molecular formula is C26H26N2O5S. The van der Waals surface area contributed by atoms with Crippen molar-refractivity contribution in [2.45, 2.75) is 24.2 Å². The maximum Gasteiger partial charge on any atom is 0.338 e. The first-order valence-corrected chi connectivity index (χ1v) is 12.6. The summed E-state index contributed by atoms with van der Waals surface area (Å²) in [6.45, 7) is 0.607. The Morgan fingerprint density at radius 1 is 0.794 bits per heavy atom. The Morgan fingerprint density at radius 3 is 2.06 bits per heavy atom. The number of amides is 1. The molecule has 1 heterocycles. The minimum absolute atomic E-state index is 0.192. The van der Waals surface area contributed by atoms with E-state index in [4.69, 9.17) is 4.74 Å². The van der Waals surface area contributed by atoms with Crippen molar-refractivity contribution in [2.24, 2.45) is 0 Å². The van der Waals surface area contributed by atoms with E-state index >= 15 is 0 Å². The van der Waals surface area contributed by atoms with Crippen LogP contribution in [0, 0.1) is 0 Å². The molecule has 0 radical (unpaired) electrons. The Hall–Kier alpha value is -3.49. The largest absolute Gasteiger partial charge is 0.452 e. The Kier molecular flexibility index (Phi) is 7.40. The highest BCUT2D eigenvalue weighted by atomic mass is 32.2. The second-order valence-corrected chi connectivity index (χ2v) is 9.99. The third-order valence-corrected chi connectivity index (χ3v) is 7.57. The fraction of sp³-hybridized carbons (Fsp3) is 0.231. The number of nitrogens with zero attached hydrogens (tertiary/aromatic N) is 1. The lowest BCUT2D eigenvalue weighted by Gasteiger charge is -2.25. The van der Waals surface area contributed by atoms with E-state index in [0.29, 0.717) is 24.3 Å². The summed E-state index contributed by atoms with van der Waals surface area (Å²) in [4.78, 5) is 24.7. The van der Waals surface area contributed by atoms with E-state index in [2.05, 4.69) is 5.32 Å². The van der Waals surface area contributed by atoms with Crippen molar-refractivity contribution in [3.63, 3.8) is 0 Å². The zero-order valence-corrected chi connectivity index (χ0v) is 19.5. The molecule has 1 saturated heterocycles. The van der Waals surface area contributed by atoms with Crippen molar-refractivity contribution in [2.75, 3.05) is 25.0 Å². The van der Waals surface area contributed by atoms with Crippen LogP contribution in [0.5, 0.6) is 0 Å². The minimum Gasteiger partial charge on any atom is -0.452 e. The van der Waals surface area contributed by atoms with Crippen LogP contribution in [0.4, 0.5) is 5.69 Å². The molecular weight excluding hydrogens is 452 g/mol. The monoisotopic (exact) mass is 478 g/mol. The zero-order chi connectivity index (χ0) is 24.0. The van der Waals surface area contributed by atoms with Gasteiger partial charge in [-0.05, 0) is 60.4 Å². The van der Waals surface area contributed by atoms with Crippen LogP contribution in [0.2, 0.25) is 0 Å². The molecule has 0 aromatic heterocycles. The summed E-state index contributed by atoms with van der Waals surface area (Å²) >= 11 is 0. The van der Waals surface area contributed by atoms with Crippen molar-refractivity contribution in [1.29, 1.82) is 0 Å². The van der Waals surface area contributed by atoms with Gasteiger partial charge in [0.15, 0.2) is 6.61 Å². The van der Waals surface area contributed by atoms with E-state index in [1.54, 1.807) is 12.1 Å². The number of carbonyl (C=O) groups is 2. The quantitative estimate of drug-likeness (QED) is 0.511. The Morgan fingerprint density at radius 2 is 1.41 bits per heavy atom. The minimum atomic E-state index is -3.53. The zero-order valence-electron chi connectivity index (χ0n) is 18.6. The highest BCUT2D eigenvalue weighted by Gasteiger charge is 2.25. The van der Waals surface area contributed by atoms with Gasteiger partial charge in [-0.25, -0.2) is 13.2 Å². The topological polar surface area (TPSA) is 92.8 Å². The van der Waals surface area contributed by atoms with Gasteiger partial charge >= 0.3 is 5.97 Å². The lowest BCUT2D eigenvalue weighted by Crippen LogP contribution is -2.35. The fourth-order valence-corrected chi connectivity index (χ4v) is 5.32. The second-order valence-electron chi connectivity index (χ2n) is 8.06. The molecule has 3 aromatic carbocycles. The maximum atomic E-state index is 12.7. The summed E-state index contributed by atoms with van der Waals surface area (Å²) in [5.41, 5.74) is 2.78. The smallest absolute Gasteiger partial charge is 0.338 e. The number of carbonyl (C=O) groups excluding carboxylic acids is 2. The van der Waals surface area contributed by atoms with Gasteiger partial charge in [-0.1, -0.05) is 48.9 Å². The van der Waals surface area contributed by atoms with Gasteiger partial charge in [0.2, 0.25) is 10.0 Å². The Labute approximate surface area is 199 Å². The Bertz CT molecular complexity index is 1230. The van der Waals surface area contributed by atoms with Crippen LogP contribution in [0.15, 0.2) is 83.8 Å². The van der Waals surface area contributed by atoms with E-state index in [0.717, 1.165) is 30.4 Å². The maximum absolute atomic E-state index is 12.7. The third kappa shape index (κ3) is 5.70. The number of anilines is 1. The fourth-order valence-electron chi connectivity index (χ4n) is 3.81. The normalized spacial score (nSPS) is 14.4. The molecule has 1 aliphatic rings. The van der Waals surface area contributed by atoms with E-state index in [-0.39, 0.29) is 4.90 Å². The van der Waals surface area contributed by atoms with Crippen molar-refractivity contribution < 1.29 is 22.7 Å². The van der Waals surface area contributed by atoms with Crippen LogP contribution in [-0.2, 0) is 19.6 Å². The molecule has 0 aliphatic carbocycles. The molecule has 0 bridgehead atoms. The number of hydrogen-bond donors (Lipinski definition) is 1. The summed E-state index contributed by atoms with van der Waals surface area (Å²) in [5, 5.41) is 2.61. The molecule has 34 heavy (non-hydrogen) atoms. The molecule has 1 N–H and O–H groups in total. The van der Waals surface area contributed by atoms with E-state index < -0.39 is 28.5 Å². The second kappa shape index (κ2) is 10.6. The molecule has 4 rings (SSSR count). The van der Waals surface area contributed by atoms with Crippen molar-refractivity contribution in [1.82, 2.24) is 4.31 Å². The predicted octanol–water partition coefficient (Wildman–Crippen LogP) is 4.32. The first-order chi connectivity index (χ1) is 16.4. The van der Waals surface area contributed by atoms with Crippen LogP contribution in [-0.4, -0.2) is 44.3 Å². The van der Waals surface area contributed by atoms with Crippen LogP contribution in [0.25, 0.3) is 11.1 Å². The van der Waals surface area contributed by atoms with Gasteiger partial charge in [0.25, 0.3) is 5.91 Å². The van der Waals surface area contributed by atoms with Gasteiger partial charge in [-0.2, -0.15) is 4.31 Å². The SMILES string of the molecule is O=C(COC(=O)c1ccc(-c2ccccc2)cc1)Nc1ccc(S(=O)(=O)N2CCCCC2)cc1. The van der Waals surface area contributed by atoms with Crippen LogP contribution < -0.4 is 5.32 Å². The van der Waals surface area contributed by atoms with E-state index in [9.17, 15) is 18.0 Å². The van der Waals surface area contributed by atoms with E-state index in [1.807, 2.05) is 42.5 Å². The highest BCUT2D eigenvalue weighted by molar-refractivity contribution is 7.89. The predicted molar refractivity (Wildman–Crippen MR) is 130 cm³/mol. The van der Waals surface area contributed by atoms with Gasteiger partial charge in [-0.3, -0.25) is 4.79 Å². The number of nitrogens with one attached hydrogen (secondary N) is 1. The van der Waals surface area contributed by atoms with E-state index in [1.165, 1.54) is 28.6 Å². The molecule has 0 spiro atoms. The van der Waals surface area contributed by atoms with Crippen LogP contribution in [0.3, 0.4) is 0 Å². The third-order valence-electron chi connectivity index (χ3n) is 5.65. The van der Waals surface area contributed by atoms with Gasteiger partial charge in [-0.15, -0.1) is 0 Å². The number of ether oxygens (including phenoxy) is 1. The van der Waals surface area contributed by atoms with Gasteiger partial charge in [0.1, 0.15) is 0 Å². The molecule has 1 fully saturated rings. The first kappa shape index (κ1) is 23.7. The van der Waals surface area contributed by atoms with Crippen molar-refractivity contribution >= 4 is 27.6 Å². The van der Waals surface area contributed by atoms with Crippen LogP contribution >= 0.6 is 0 Å². The molecule has 0 saturated carbocycles. The summed E-state index contributed by atoms with van der Waals surface area (Å²) in [7, 11) is -3.53. The number of esters is 1. The summed E-state index contributed by atoms with van der Waals surface area (Å²) in [6, 6.07) is 22.7. The van der Waals surface area contributed by atoms with Gasteiger partial charge in [0.05, 0.1) is 10.5 Å². The van der Waals surface area contributed by atoms with Crippen molar-refractivity contribution in [3.05, 3.63) is 84.4 Å². The van der Waals surface area contributed by atoms with Crippen molar-refractivity contribution in [3.8, 4) is 11.1 Å². The number of sulfonamides is 1. The number of hydrogen-bond acceptors (Lipinski definition) is 5. The summed E-state index contributed by atoms with van der Waals surface area (Å²) < 4.78 is 32.0. The van der Waals surface area contributed by atoms with Gasteiger partial charge < -0.3 is 10.1 Å². The first-order valence-electron chi connectivity index (χ1n) is 11.2. The molecule has 3 aromatic rings. The van der Waals surface area contributed by atoms with Crippen LogP contribution in [0.1, 0.15) is 29.6 Å². The molecule has 176 valence electrons. The highest BCUT2D eigenvalue weighted by Crippen LogP contribution is 2.22. The average molecular weight is 479 g/mol. The molecule has 7 nitrogen and oxygen atoms in total. The number of benzene rings is 3. The molecule has 0 unspecified atom stereocenters. The molecule has 0 atom stereocenters. The molecule has 1 aliphatic heterocycles. The summed E-state index contributed by atoms with van der Waals surface area (Å²) in [6.07, 6.45) is 2.77. The molecule has 1 amide bonds. The van der Waals surface area contributed by atoms with Gasteiger partial charge in [0, 0.05) is 18.8 Å². The number of piperidine rings is 1. The Balaban J connectivity index is 1.29. The lowest BCUT2D eigenvalue weighted by atomic mass is 10.0. The number of rotatable bonds is 7. The standard InChI is InChI=1S/C26H26N2O5S/c29-25(19-33-26(30)22-11-9-21(10-12-22)20-7-3-1-4-8-20)27-23-13-15-24(16-14-23)34(31,32)28-17-5-2-6-18-28/h1,3-4,7-16H,2,5-6,17-19H2,(H,27,29). The average Bonchev–Trinajstić information content (AvgIpc) is 2.89. The summed E-state index contributed by atoms with van der Waals surface area (Å²) in [5.74, 6) is -1.11.